The fourth-order valence-electron chi connectivity index (χ4n) is 2.83. The van der Waals surface area contributed by atoms with Gasteiger partial charge >= 0.3 is 6.03 Å². The van der Waals surface area contributed by atoms with Crippen LogP contribution in [0.1, 0.15) is 50.8 Å². The molecule has 1 heterocycles. The highest BCUT2D eigenvalue weighted by molar-refractivity contribution is 5.74. The lowest BCUT2D eigenvalue weighted by atomic mass is 10.3. The molecule has 1 aromatic heterocycles. The molecule has 6 nitrogen and oxygen atoms in total. The summed E-state index contributed by atoms with van der Waals surface area (Å²) in [6, 6.07) is 2.36. The van der Waals surface area contributed by atoms with E-state index in [0.29, 0.717) is 25.7 Å². The second-order valence-electron chi connectivity index (χ2n) is 5.59. The van der Waals surface area contributed by atoms with Crippen molar-refractivity contribution in [2.45, 2.75) is 51.6 Å². The van der Waals surface area contributed by atoms with E-state index >= 15 is 0 Å². The van der Waals surface area contributed by atoms with Gasteiger partial charge in [-0.05, 0) is 25.3 Å². The normalized spacial score (nSPS) is 15.3. The van der Waals surface area contributed by atoms with Gasteiger partial charge in [-0.3, -0.25) is 4.68 Å². The minimum absolute atomic E-state index is 0.0102. The van der Waals surface area contributed by atoms with E-state index in [9.17, 15) is 4.79 Å². The zero-order valence-corrected chi connectivity index (χ0v) is 12.8. The maximum Gasteiger partial charge on any atom is 0.317 e. The standard InChI is InChI=1S/C15H26N4O2/c1-2-8-18(10-11-20)15(21)16-12-13-7-9-19(17-13)14-5-3-4-6-14/h7,9,14,20H,2-6,8,10-12H2,1H3,(H,16,21). The molecule has 0 atom stereocenters. The minimum atomic E-state index is -0.138. The molecule has 2 rings (SSSR count). The molecule has 0 aromatic carbocycles. The number of amides is 2. The van der Waals surface area contributed by atoms with Crippen LogP contribution in [-0.2, 0) is 6.54 Å². The van der Waals surface area contributed by atoms with Crippen LogP contribution in [0.15, 0.2) is 12.3 Å². The average molecular weight is 294 g/mol. The second kappa shape index (κ2) is 8.02. The first-order chi connectivity index (χ1) is 10.2. The Morgan fingerprint density at radius 2 is 2.24 bits per heavy atom. The number of carbonyl (C=O) groups is 1. The molecular formula is C15H26N4O2. The topological polar surface area (TPSA) is 70.4 Å². The van der Waals surface area contributed by atoms with Crippen LogP contribution in [0.5, 0.6) is 0 Å². The van der Waals surface area contributed by atoms with Crippen molar-refractivity contribution in [3.63, 3.8) is 0 Å². The molecule has 0 unspecified atom stereocenters. The number of hydrogen-bond acceptors (Lipinski definition) is 3. The highest BCUT2D eigenvalue weighted by atomic mass is 16.3. The van der Waals surface area contributed by atoms with E-state index in [1.54, 1.807) is 4.90 Å². The van der Waals surface area contributed by atoms with Crippen LogP contribution in [0.25, 0.3) is 0 Å². The van der Waals surface area contributed by atoms with E-state index in [4.69, 9.17) is 5.11 Å². The first-order valence-electron chi connectivity index (χ1n) is 7.92. The number of aromatic nitrogens is 2. The molecule has 2 N–H and O–H groups in total. The molecule has 1 aliphatic rings. The van der Waals surface area contributed by atoms with Crippen LogP contribution in [0.4, 0.5) is 4.79 Å². The van der Waals surface area contributed by atoms with Gasteiger partial charge in [0.05, 0.1) is 24.9 Å². The SMILES string of the molecule is CCCN(CCO)C(=O)NCc1ccn(C2CCCC2)n1. The molecule has 0 saturated heterocycles. The molecule has 6 heteroatoms. The molecule has 21 heavy (non-hydrogen) atoms. The summed E-state index contributed by atoms with van der Waals surface area (Å²) in [5, 5.41) is 16.4. The van der Waals surface area contributed by atoms with Crippen molar-refractivity contribution in [2.75, 3.05) is 19.7 Å². The van der Waals surface area contributed by atoms with E-state index in [-0.39, 0.29) is 12.6 Å². The number of aliphatic hydroxyl groups is 1. The predicted molar refractivity (Wildman–Crippen MR) is 80.9 cm³/mol. The molecular weight excluding hydrogens is 268 g/mol. The fourth-order valence-corrected chi connectivity index (χ4v) is 2.83. The Balaban J connectivity index is 1.82. The summed E-state index contributed by atoms with van der Waals surface area (Å²) in [6.45, 7) is 3.47. The van der Waals surface area contributed by atoms with Gasteiger partial charge in [-0.15, -0.1) is 0 Å². The second-order valence-corrected chi connectivity index (χ2v) is 5.59. The van der Waals surface area contributed by atoms with Gasteiger partial charge in [0.2, 0.25) is 0 Å². The fraction of sp³-hybridized carbons (Fsp3) is 0.733. The number of urea groups is 1. The van der Waals surface area contributed by atoms with Gasteiger partial charge in [-0.25, -0.2) is 4.79 Å². The van der Waals surface area contributed by atoms with Crippen LogP contribution >= 0.6 is 0 Å². The third-order valence-corrected chi connectivity index (χ3v) is 3.93. The van der Waals surface area contributed by atoms with Crippen molar-refractivity contribution < 1.29 is 9.90 Å². The van der Waals surface area contributed by atoms with E-state index in [2.05, 4.69) is 10.4 Å². The lowest BCUT2D eigenvalue weighted by molar-refractivity contribution is 0.177. The zero-order valence-electron chi connectivity index (χ0n) is 12.8. The molecule has 1 aromatic rings. The van der Waals surface area contributed by atoms with Gasteiger partial charge < -0.3 is 15.3 Å². The van der Waals surface area contributed by atoms with E-state index in [1.807, 2.05) is 23.9 Å². The van der Waals surface area contributed by atoms with Crippen molar-refractivity contribution in [1.82, 2.24) is 20.0 Å². The van der Waals surface area contributed by atoms with Gasteiger partial charge in [0.15, 0.2) is 0 Å². The number of nitrogens with one attached hydrogen (secondary N) is 1. The summed E-state index contributed by atoms with van der Waals surface area (Å²) in [6.07, 6.45) is 7.86. The molecule has 0 radical (unpaired) electrons. The van der Waals surface area contributed by atoms with Crippen LogP contribution in [0, 0.1) is 0 Å². The zero-order chi connectivity index (χ0) is 15.1. The lowest BCUT2D eigenvalue weighted by Crippen LogP contribution is -2.41. The van der Waals surface area contributed by atoms with Crippen molar-refractivity contribution in [1.29, 1.82) is 0 Å². The van der Waals surface area contributed by atoms with Crippen molar-refractivity contribution in [3.05, 3.63) is 18.0 Å². The summed E-state index contributed by atoms with van der Waals surface area (Å²) in [4.78, 5) is 13.7. The molecule has 1 fully saturated rings. The molecule has 0 aliphatic heterocycles. The number of carbonyl (C=O) groups excluding carboxylic acids is 1. The van der Waals surface area contributed by atoms with E-state index in [0.717, 1.165) is 12.1 Å². The monoisotopic (exact) mass is 294 g/mol. The van der Waals surface area contributed by atoms with E-state index in [1.165, 1.54) is 25.7 Å². The van der Waals surface area contributed by atoms with Gasteiger partial charge in [0.1, 0.15) is 0 Å². The molecule has 1 saturated carbocycles. The smallest absolute Gasteiger partial charge is 0.317 e. The number of rotatable bonds is 7. The Morgan fingerprint density at radius 3 is 2.90 bits per heavy atom. The van der Waals surface area contributed by atoms with Crippen LogP contribution in [-0.4, -0.2) is 45.5 Å². The van der Waals surface area contributed by atoms with Gasteiger partial charge in [0, 0.05) is 19.3 Å². The first-order valence-corrected chi connectivity index (χ1v) is 7.92. The summed E-state index contributed by atoms with van der Waals surface area (Å²) in [5.41, 5.74) is 0.885. The molecule has 118 valence electrons. The van der Waals surface area contributed by atoms with Crippen molar-refractivity contribution in [2.24, 2.45) is 0 Å². The Labute approximate surface area is 126 Å². The van der Waals surface area contributed by atoms with Crippen LogP contribution < -0.4 is 5.32 Å². The van der Waals surface area contributed by atoms with Crippen molar-refractivity contribution in [3.8, 4) is 0 Å². The highest BCUT2D eigenvalue weighted by Gasteiger charge is 2.18. The minimum Gasteiger partial charge on any atom is -0.395 e. The third-order valence-electron chi connectivity index (χ3n) is 3.93. The van der Waals surface area contributed by atoms with Gasteiger partial charge in [0.25, 0.3) is 0 Å². The summed E-state index contributed by atoms with van der Waals surface area (Å²) in [7, 11) is 0. The van der Waals surface area contributed by atoms with Gasteiger partial charge in [-0.2, -0.15) is 5.10 Å². The van der Waals surface area contributed by atoms with Crippen molar-refractivity contribution >= 4 is 6.03 Å². The number of hydrogen-bond donors (Lipinski definition) is 2. The molecule has 1 aliphatic carbocycles. The molecule has 2 amide bonds. The Kier molecular flexibility index (Phi) is 6.04. The number of aliphatic hydroxyl groups excluding tert-OH is 1. The third kappa shape index (κ3) is 4.46. The van der Waals surface area contributed by atoms with E-state index < -0.39 is 0 Å². The summed E-state index contributed by atoms with van der Waals surface area (Å²) < 4.78 is 2.03. The van der Waals surface area contributed by atoms with Gasteiger partial charge in [-0.1, -0.05) is 19.8 Å². The largest absolute Gasteiger partial charge is 0.395 e. The maximum absolute atomic E-state index is 12.0. The predicted octanol–water partition coefficient (Wildman–Crippen LogP) is 1.91. The summed E-state index contributed by atoms with van der Waals surface area (Å²) >= 11 is 0. The maximum atomic E-state index is 12.0. The quantitative estimate of drug-likeness (QED) is 0.807. The highest BCUT2D eigenvalue weighted by Crippen LogP contribution is 2.28. The summed E-state index contributed by atoms with van der Waals surface area (Å²) in [5.74, 6) is 0. The number of nitrogens with zero attached hydrogens (tertiary/aromatic N) is 3. The Morgan fingerprint density at radius 1 is 1.48 bits per heavy atom. The lowest BCUT2D eigenvalue weighted by Gasteiger charge is -2.21. The average Bonchev–Trinajstić information content (AvgIpc) is 3.15. The Hall–Kier alpha value is -1.56. The van der Waals surface area contributed by atoms with Crippen LogP contribution in [0.2, 0.25) is 0 Å². The Bertz CT molecular complexity index is 435. The molecule has 0 spiro atoms. The molecule has 0 bridgehead atoms. The first kappa shape index (κ1) is 15.8. The van der Waals surface area contributed by atoms with Crippen LogP contribution in [0.3, 0.4) is 0 Å².